The zero-order valence-corrected chi connectivity index (χ0v) is 16.4. The molecule has 0 saturated heterocycles. The number of furan rings is 1. The maximum atomic E-state index is 12.6. The van der Waals surface area contributed by atoms with Crippen molar-refractivity contribution in [3.8, 4) is 5.75 Å². The molecule has 9 nitrogen and oxygen atoms in total. The Kier molecular flexibility index (Phi) is 5.09. The Balaban J connectivity index is 1.52. The molecule has 1 aliphatic heterocycles. The highest BCUT2D eigenvalue weighted by atomic mass is 16.5. The highest BCUT2D eigenvalue weighted by molar-refractivity contribution is 6.37. The molecule has 2 aromatic carbocycles. The standard InChI is InChI=1S/C21H19N3O6/c1-11(29-21(27)14-7-8-19(25)24-23-14)20(26)22-15-10-17-13(9-18(15)28-2)12-5-3-4-6-16(12)30-17/h3-6,9-11H,7-8H2,1-2H3,(H,22,26)(H,24,25). The van der Waals surface area contributed by atoms with Crippen LogP contribution in [0.3, 0.4) is 0 Å². The van der Waals surface area contributed by atoms with Crippen LogP contribution >= 0.6 is 0 Å². The van der Waals surface area contributed by atoms with Crippen molar-refractivity contribution in [2.24, 2.45) is 5.10 Å². The minimum Gasteiger partial charge on any atom is -0.495 e. The molecule has 1 aliphatic rings. The lowest BCUT2D eigenvalue weighted by atomic mass is 10.1. The first-order valence-electron chi connectivity index (χ1n) is 9.33. The minimum absolute atomic E-state index is 0.0653. The fourth-order valence-electron chi connectivity index (χ4n) is 3.16. The molecule has 3 aromatic rings. The highest BCUT2D eigenvalue weighted by Crippen LogP contribution is 2.36. The van der Waals surface area contributed by atoms with Gasteiger partial charge in [0.25, 0.3) is 5.91 Å². The van der Waals surface area contributed by atoms with Gasteiger partial charge in [-0.25, -0.2) is 10.2 Å². The number of nitrogens with one attached hydrogen (secondary N) is 2. The number of nitrogens with zero attached hydrogens (tertiary/aromatic N) is 1. The molecule has 2 heterocycles. The molecule has 4 rings (SSSR count). The van der Waals surface area contributed by atoms with Crippen LogP contribution in [-0.2, 0) is 19.1 Å². The molecule has 2 amide bonds. The molecule has 0 spiro atoms. The third-order valence-corrected chi connectivity index (χ3v) is 4.75. The number of hydrazone groups is 1. The zero-order chi connectivity index (χ0) is 21.3. The van der Waals surface area contributed by atoms with Gasteiger partial charge in [0.2, 0.25) is 5.91 Å². The smallest absolute Gasteiger partial charge is 0.355 e. The molecular formula is C21H19N3O6. The van der Waals surface area contributed by atoms with E-state index in [-0.39, 0.29) is 24.5 Å². The Morgan fingerprint density at radius 1 is 1.17 bits per heavy atom. The second-order valence-electron chi connectivity index (χ2n) is 6.78. The SMILES string of the molecule is COc1cc2c(cc1NC(=O)C(C)OC(=O)C1=NNC(=O)CC1)oc1ccccc12. The van der Waals surface area contributed by atoms with E-state index in [1.54, 1.807) is 12.1 Å². The number of benzene rings is 2. The first-order chi connectivity index (χ1) is 14.5. The van der Waals surface area contributed by atoms with Crippen LogP contribution in [0.5, 0.6) is 5.75 Å². The Labute approximate surface area is 171 Å². The molecule has 0 fully saturated rings. The van der Waals surface area contributed by atoms with E-state index in [0.717, 1.165) is 16.4 Å². The van der Waals surface area contributed by atoms with Gasteiger partial charge in [0.1, 0.15) is 22.6 Å². The summed E-state index contributed by atoms with van der Waals surface area (Å²) in [6, 6.07) is 11.0. The number of ether oxygens (including phenoxy) is 2. The van der Waals surface area contributed by atoms with Gasteiger partial charge in [-0.05, 0) is 19.1 Å². The summed E-state index contributed by atoms with van der Waals surface area (Å²) >= 11 is 0. The lowest BCUT2D eigenvalue weighted by molar-refractivity contribution is -0.146. The molecule has 1 aromatic heterocycles. The number of methoxy groups -OCH3 is 1. The summed E-state index contributed by atoms with van der Waals surface area (Å²) in [6.45, 7) is 1.45. The van der Waals surface area contributed by atoms with Gasteiger partial charge in [0, 0.05) is 29.7 Å². The molecule has 0 bridgehead atoms. The Hall–Kier alpha value is -3.88. The Morgan fingerprint density at radius 2 is 1.97 bits per heavy atom. The van der Waals surface area contributed by atoms with Crippen molar-refractivity contribution in [2.45, 2.75) is 25.9 Å². The zero-order valence-electron chi connectivity index (χ0n) is 16.4. The Bertz CT molecular complexity index is 1200. The predicted molar refractivity (Wildman–Crippen MR) is 109 cm³/mol. The van der Waals surface area contributed by atoms with Crippen molar-refractivity contribution < 1.29 is 28.3 Å². The fourth-order valence-corrected chi connectivity index (χ4v) is 3.16. The normalized spacial score (nSPS) is 14.7. The lowest BCUT2D eigenvalue weighted by Crippen LogP contribution is -2.35. The average Bonchev–Trinajstić information content (AvgIpc) is 3.10. The van der Waals surface area contributed by atoms with Crippen LogP contribution < -0.4 is 15.5 Å². The second-order valence-corrected chi connectivity index (χ2v) is 6.78. The monoisotopic (exact) mass is 409 g/mol. The quantitative estimate of drug-likeness (QED) is 0.626. The maximum Gasteiger partial charge on any atom is 0.355 e. The Morgan fingerprint density at radius 3 is 2.70 bits per heavy atom. The van der Waals surface area contributed by atoms with Gasteiger partial charge in [-0.1, -0.05) is 18.2 Å². The molecule has 30 heavy (non-hydrogen) atoms. The van der Waals surface area contributed by atoms with E-state index in [9.17, 15) is 14.4 Å². The number of rotatable bonds is 5. The number of hydrogen-bond acceptors (Lipinski definition) is 7. The molecule has 1 atom stereocenters. The summed E-state index contributed by atoms with van der Waals surface area (Å²) in [4.78, 5) is 35.8. The number of carbonyl (C=O) groups is 3. The van der Waals surface area contributed by atoms with Crippen LogP contribution in [0.4, 0.5) is 5.69 Å². The third kappa shape index (κ3) is 3.69. The van der Waals surface area contributed by atoms with Crippen LogP contribution in [0.15, 0.2) is 45.9 Å². The lowest BCUT2D eigenvalue weighted by Gasteiger charge is -2.17. The van der Waals surface area contributed by atoms with E-state index >= 15 is 0 Å². The highest BCUT2D eigenvalue weighted by Gasteiger charge is 2.25. The number of anilines is 1. The second kappa shape index (κ2) is 7.86. The molecule has 0 aliphatic carbocycles. The molecule has 154 valence electrons. The van der Waals surface area contributed by atoms with Gasteiger partial charge in [-0.3, -0.25) is 9.59 Å². The van der Waals surface area contributed by atoms with Gasteiger partial charge in [0.05, 0.1) is 12.8 Å². The van der Waals surface area contributed by atoms with Gasteiger partial charge in [0.15, 0.2) is 6.10 Å². The number of hydrogen-bond donors (Lipinski definition) is 2. The van der Waals surface area contributed by atoms with E-state index in [1.807, 2.05) is 24.3 Å². The molecule has 0 saturated carbocycles. The number of esters is 1. The first-order valence-corrected chi connectivity index (χ1v) is 9.33. The molecule has 0 radical (unpaired) electrons. The largest absolute Gasteiger partial charge is 0.495 e. The fraction of sp³-hybridized carbons (Fsp3) is 0.238. The first kappa shape index (κ1) is 19.4. The summed E-state index contributed by atoms with van der Waals surface area (Å²) in [5.74, 6) is -1.12. The van der Waals surface area contributed by atoms with Crippen LogP contribution in [-0.4, -0.2) is 36.7 Å². The average molecular weight is 409 g/mol. The summed E-state index contributed by atoms with van der Waals surface area (Å²) in [5.41, 5.74) is 3.98. The van der Waals surface area contributed by atoms with Crippen molar-refractivity contribution >= 4 is 51.1 Å². The number of amides is 2. The van der Waals surface area contributed by atoms with Crippen molar-refractivity contribution in [1.29, 1.82) is 0 Å². The van der Waals surface area contributed by atoms with Crippen molar-refractivity contribution in [3.63, 3.8) is 0 Å². The van der Waals surface area contributed by atoms with Crippen LogP contribution in [0.25, 0.3) is 21.9 Å². The van der Waals surface area contributed by atoms with E-state index in [0.29, 0.717) is 17.0 Å². The molecule has 1 unspecified atom stereocenters. The van der Waals surface area contributed by atoms with Gasteiger partial charge in [-0.15, -0.1) is 0 Å². The third-order valence-electron chi connectivity index (χ3n) is 4.75. The van der Waals surface area contributed by atoms with Crippen molar-refractivity contribution in [1.82, 2.24) is 5.43 Å². The number of fused-ring (bicyclic) bond motifs is 3. The summed E-state index contributed by atoms with van der Waals surface area (Å²) in [6.07, 6.45) is -0.785. The number of carbonyl (C=O) groups excluding carboxylic acids is 3. The minimum atomic E-state index is -1.09. The summed E-state index contributed by atoms with van der Waals surface area (Å²) in [5, 5.41) is 8.16. The van der Waals surface area contributed by atoms with Gasteiger partial charge in [-0.2, -0.15) is 5.10 Å². The van der Waals surface area contributed by atoms with Gasteiger partial charge < -0.3 is 19.2 Å². The van der Waals surface area contributed by atoms with E-state index < -0.39 is 18.0 Å². The van der Waals surface area contributed by atoms with Crippen molar-refractivity contribution in [2.75, 3.05) is 12.4 Å². The predicted octanol–water partition coefficient (Wildman–Crippen LogP) is 2.73. The van der Waals surface area contributed by atoms with Crippen LogP contribution in [0.1, 0.15) is 19.8 Å². The van der Waals surface area contributed by atoms with E-state index in [2.05, 4.69) is 15.8 Å². The van der Waals surface area contributed by atoms with Crippen molar-refractivity contribution in [3.05, 3.63) is 36.4 Å². The summed E-state index contributed by atoms with van der Waals surface area (Å²) in [7, 11) is 1.50. The van der Waals surface area contributed by atoms with Gasteiger partial charge >= 0.3 is 5.97 Å². The van der Waals surface area contributed by atoms with Crippen LogP contribution in [0.2, 0.25) is 0 Å². The summed E-state index contributed by atoms with van der Waals surface area (Å²) < 4.78 is 16.4. The molecule has 9 heteroatoms. The molecule has 2 N–H and O–H groups in total. The maximum absolute atomic E-state index is 12.6. The topological polar surface area (TPSA) is 119 Å². The number of para-hydroxylation sites is 1. The van der Waals surface area contributed by atoms with E-state index in [1.165, 1.54) is 14.0 Å². The van der Waals surface area contributed by atoms with E-state index in [4.69, 9.17) is 13.9 Å². The van der Waals surface area contributed by atoms with Crippen LogP contribution in [0, 0.1) is 0 Å². The molecular weight excluding hydrogens is 390 g/mol.